The molecule has 192 valence electrons. The lowest BCUT2D eigenvalue weighted by atomic mass is 10.1. The zero-order valence-electron chi connectivity index (χ0n) is 19.3. The first-order valence-electron chi connectivity index (χ1n) is 11.4. The fourth-order valence-corrected chi connectivity index (χ4v) is 5.85. The van der Waals surface area contributed by atoms with Gasteiger partial charge in [0.1, 0.15) is 11.0 Å². The molecule has 0 atom stereocenters. The predicted molar refractivity (Wildman–Crippen MR) is 133 cm³/mol. The standard InChI is InChI=1S/C24H22F3N7O2S/c25-24(26,27)17-11-16(22-21(12-17)32-34-33-22)2-1-15-13-29-23(30-14-15)31-18-3-5-19(6-4-18)37(35,36)20-7-9-28-10-8-20/h1-6,11-14,20,28H,7-10H2,(H,29,30,31)(H,32,33,34). The van der Waals surface area contributed by atoms with Crippen molar-refractivity contribution < 1.29 is 21.6 Å². The molecule has 0 unspecified atom stereocenters. The first kappa shape index (κ1) is 24.8. The van der Waals surface area contributed by atoms with E-state index in [1.54, 1.807) is 30.3 Å². The maximum atomic E-state index is 13.2. The highest BCUT2D eigenvalue weighted by Crippen LogP contribution is 2.33. The molecule has 0 spiro atoms. The van der Waals surface area contributed by atoms with E-state index >= 15 is 0 Å². The molecule has 4 aromatic rings. The normalized spacial score (nSPS) is 15.4. The monoisotopic (exact) mass is 529 g/mol. The second kappa shape index (κ2) is 9.90. The van der Waals surface area contributed by atoms with E-state index in [1.165, 1.54) is 18.5 Å². The van der Waals surface area contributed by atoms with Gasteiger partial charge in [0.05, 0.1) is 15.7 Å². The Morgan fingerprint density at radius 2 is 1.68 bits per heavy atom. The van der Waals surface area contributed by atoms with Crippen LogP contribution < -0.4 is 10.6 Å². The summed E-state index contributed by atoms with van der Waals surface area (Å²) < 4.78 is 65.3. The molecule has 0 aliphatic carbocycles. The number of halogens is 3. The van der Waals surface area contributed by atoms with Crippen molar-refractivity contribution in [1.82, 2.24) is 30.7 Å². The van der Waals surface area contributed by atoms with Crippen molar-refractivity contribution in [2.45, 2.75) is 29.2 Å². The number of piperidine rings is 1. The van der Waals surface area contributed by atoms with Gasteiger partial charge in [0, 0.05) is 29.2 Å². The number of nitrogens with one attached hydrogen (secondary N) is 3. The van der Waals surface area contributed by atoms with Crippen LogP contribution in [0.25, 0.3) is 23.2 Å². The molecule has 9 nitrogen and oxygen atoms in total. The Balaban J connectivity index is 1.28. The van der Waals surface area contributed by atoms with Crippen LogP contribution in [0.3, 0.4) is 0 Å². The van der Waals surface area contributed by atoms with Crippen molar-refractivity contribution in [3.63, 3.8) is 0 Å². The number of sulfone groups is 1. The van der Waals surface area contributed by atoms with Gasteiger partial charge in [-0.1, -0.05) is 12.2 Å². The number of rotatable bonds is 6. The highest BCUT2D eigenvalue weighted by Gasteiger charge is 2.32. The van der Waals surface area contributed by atoms with Crippen LogP contribution in [-0.4, -0.2) is 52.1 Å². The largest absolute Gasteiger partial charge is 0.416 e. The third-order valence-corrected chi connectivity index (χ3v) is 8.35. The molecule has 3 heterocycles. The van der Waals surface area contributed by atoms with E-state index in [4.69, 9.17) is 0 Å². The van der Waals surface area contributed by atoms with E-state index in [2.05, 4.69) is 36.0 Å². The van der Waals surface area contributed by atoms with E-state index < -0.39 is 21.6 Å². The van der Waals surface area contributed by atoms with Crippen molar-refractivity contribution in [2.24, 2.45) is 0 Å². The van der Waals surface area contributed by atoms with Crippen LogP contribution in [0, 0.1) is 0 Å². The summed E-state index contributed by atoms with van der Waals surface area (Å²) in [5, 5.41) is 15.8. The quantitative estimate of drug-likeness (QED) is 0.339. The van der Waals surface area contributed by atoms with Crippen molar-refractivity contribution >= 4 is 44.7 Å². The lowest BCUT2D eigenvalue weighted by Crippen LogP contribution is -2.35. The number of H-pyrrole nitrogens is 1. The molecular formula is C24H22F3N7O2S. The Morgan fingerprint density at radius 1 is 0.973 bits per heavy atom. The van der Waals surface area contributed by atoms with E-state index in [0.717, 1.165) is 12.1 Å². The van der Waals surface area contributed by atoms with Crippen LogP contribution in [0.2, 0.25) is 0 Å². The van der Waals surface area contributed by atoms with E-state index in [1.807, 2.05) is 0 Å². The third kappa shape index (κ3) is 5.47. The third-order valence-electron chi connectivity index (χ3n) is 6.07. The van der Waals surface area contributed by atoms with Crippen LogP contribution in [0.1, 0.15) is 29.5 Å². The second-order valence-electron chi connectivity index (χ2n) is 8.57. The molecule has 3 N–H and O–H groups in total. The summed E-state index contributed by atoms with van der Waals surface area (Å²) in [6.45, 7) is 1.38. The van der Waals surface area contributed by atoms with Crippen LogP contribution in [0.5, 0.6) is 0 Å². The summed E-state index contributed by atoms with van der Waals surface area (Å²) in [7, 11) is -3.39. The molecule has 2 aromatic carbocycles. The molecule has 0 saturated carbocycles. The number of anilines is 2. The zero-order chi connectivity index (χ0) is 26.0. The first-order chi connectivity index (χ1) is 17.7. The molecule has 1 aliphatic heterocycles. The Labute approximate surface area is 210 Å². The second-order valence-corrected chi connectivity index (χ2v) is 10.8. The average Bonchev–Trinajstić information content (AvgIpc) is 3.38. The molecule has 1 saturated heterocycles. The van der Waals surface area contributed by atoms with E-state index in [-0.39, 0.29) is 27.2 Å². The highest BCUT2D eigenvalue weighted by molar-refractivity contribution is 7.92. The topological polar surface area (TPSA) is 126 Å². The van der Waals surface area contributed by atoms with E-state index in [9.17, 15) is 21.6 Å². The zero-order valence-corrected chi connectivity index (χ0v) is 20.1. The van der Waals surface area contributed by atoms with Gasteiger partial charge in [-0.3, -0.25) is 0 Å². The summed E-state index contributed by atoms with van der Waals surface area (Å²) in [5.41, 5.74) is 1.03. The SMILES string of the molecule is O=S(=O)(c1ccc(Nc2ncc(C=Cc3cc(C(F)(F)F)cc4n[nH]nc34)cn2)cc1)C1CCNCC1. The molecule has 13 heteroatoms. The number of aromatic amines is 1. The van der Waals surface area contributed by atoms with Crippen molar-refractivity contribution in [1.29, 1.82) is 0 Å². The number of nitrogens with zero attached hydrogens (tertiary/aromatic N) is 4. The van der Waals surface area contributed by atoms with Gasteiger partial charge in [0.15, 0.2) is 9.84 Å². The Bertz CT molecular complexity index is 1530. The van der Waals surface area contributed by atoms with Gasteiger partial charge in [0.25, 0.3) is 0 Å². The predicted octanol–water partition coefficient (Wildman–Crippen LogP) is 4.21. The Kier molecular flexibility index (Phi) is 6.65. The fourth-order valence-electron chi connectivity index (χ4n) is 4.10. The van der Waals surface area contributed by atoms with Gasteiger partial charge in [-0.25, -0.2) is 18.4 Å². The van der Waals surface area contributed by atoms with Crippen LogP contribution in [-0.2, 0) is 16.0 Å². The van der Waals surface area contributed by atoms with E-state index in [0.29, 0.717) is 42.7 Å². The molecule has 5 rings (SSSR count). The van der Waals surface area contributed by atoms with Gasteiger partial charge in [-0.05, 0) is 62.3 Å². The molecule has 0 amide bonds. The average molecular weight is 530 g/mol. The number of fused-ring (bicyclic) bond motifs is 1. The van der Waals surface area contributed by atoms with Crippen LogP contribution >= 0.6 is 0 Å². The minimum atomic E-state index is -4.51. The summed E-state index contributed by atoms with van der Waals surface area (Å²) in [5.74, 6) is 0.282. The summed E-state index contributed by atoms with van der Waals surface area (Å²) in [4.78, 5) is 8.73. The Hall–Kier alpha value is -3.84. The minimum absolute atomic E-state index is 0.111. The molecule has 37 heavy (non-hydrogen) atoms. The first-order valence-corrected chi connectivity index (χ1v) is 13.0. The molecule has 2 aromatic heterocycles. The van der Waals surface area contributed by atoms with Crippen LogP contribution in [0.4, 0.5) is 24.8 Å². The molecule has 1 fully saturated rings. The molecular weight excluding hydrogens is 507 g/mol. The minimum Gasteiger partial charge on any atom is -0.324 e. The maximum Gasteiger partial charge on any atom is 0.416 e. The summed E-state index contributed by atoms with van der Waals surface area (Å²) in [6, 6.07) is 8.39. The van der Waals surface area contributed by atoms with Crippen molar-refractivity contribution in [2.75, 3.05) is 18.4 Å². The molecule has 1 aliphatic rings. The lowest BCUT2D eigenvalue weighted by Gasteiger charge is -2.22. The van der Waals surface area contributed by atoms with Crippen molar-refractivity contribution in [3.05, 3.63) is 65.5 Å². The van der Waals surface area contributed by atoms with Crippen molar-refractivity contribution in [3.8, 4) is 0 Å². The molecule has 0 radical (unpaired) electrons. The molecule has 0 bridgehead atoms. The number of benzene rings is 2. The highest BCUT2D eigenvalue weighted by atomic mass is 32.2. The number of hydrogen-bond acceptors (Lipinski definition) is 8. The number of alkyl halides is 3. The van der Waals surface area contributed by atoms with Gasteiger partial charge >= 0.3 is 6.18 Å². The van der Waals surface area contributed by atoms with Gasteiger partial charge < -0.3 is 10.6 Å². The summed E-state index contributed by atoms with van der Waals surface area (Å²) in [6.07, 6.45) is 2.76. The van der Waals surface area contributed by atoms with Gasteiger partial charge in [-0.2, -0.15) is 28.6 Å². The maximum absolute atomic E-state index is 13.2. The van der Waals surface area contributed by atoms with Crippen LogP contribution in [0.15, 0.2) is 53.7 Å². The Morgan fingerprint density at radius 3 is 2.35 bits per heavy atom. The summed E-state index contributed by atoms with van der Waals surface area (Å²) >= 11 is 0. The lowest BCUT2D eigenvalue weighted by molar-refractivity contribution is -0.137. The number of hydrogen-bond donors (Lipinski definition) is 3. The van der Waals surface area contributed by atoms with Gasteiger partial charge in [0.2, 0.25) is 5.95 Å². The number of aromatic nitrogens is 5. The van der Waals surface area contributed by atoms with Gasteiger partial charge in [-0.15, -0.1) is 0 Å². The fraction of sp³-hybridized carbons (Fsp3) is 0.250. The smallest absolute Gasteiger partial charge is 0.324 e.